The van der Waals surface area contributed by atoms with E-state index in [2.05, 4.69) is 5.32 Å². The predicted molar refractivity (Wildman–Crippen MR) is 62.1 cm³/mol. The lowest BCUT2D eigenvalue weighted by Gasteiger charge is -2.04. The standard InChI is InChI=1S/C10H14ClNO.ClH/c11-10-5-2-1-4-9(10)8-12-6-3-7-13;/h1-2,4-5,12-13H,3,6-8H2;1H. The maximum Gasteiger partial charge on any atom is 0.0450 e. The van der Waals surface area contributed by atoms with Gasteiger partial charge in [0, 0.05) is 18.2 Å². The molecule has 0 radical (unpaired) electrons. The fourth-order valence-corrected chi connectivity index (χ4v) is 1.27. The first-order chi connectivity index (χ1) is 6.34. The van der Waals surface area contributed by atoms with Crippen LogP contribution < -0.4 is 5.32 Å². The first-order valence-electron chi connectivity index (χ1n) is 4.39. The minimum absolute atomic E-state index is 0. The number of benzene rings is 1. The fraction of sp³-hybridized carbons (Fsp3) is 0.400. The Bertz CT molecular complexity index is 256. The molecule has 1 aromatic carbocycles. The van der Waals surface area contributed by atoms with E-state index >= 15 is 0 Å². The van der Waals surface area contributed by atoms with Crippen LogP contribution in [0.4, 0.5) is 0 Å². The van der Waals surface area contributed by atoms with Crippen LogP contribution in [0.2, 0.25) is 5.02 Å². The molecule has 0 aliphatic rings. The molecular weight excluding hydrogens is 221 g/mol. The molecule has 14 heavy (non-hydrogen) atoms. The zero-order chi connectivity index (χ0) is 9.52. The largest absolute Gasteiger partial charge is 0.396 e. The summed E-state index contributed by atoms with van der Waals surface area (Å²) in [5.74, 6) is 0. The van der Waals surface area contributed by atoms with Crippen molar-refractivity contribution in [3.05, 3.63) is 34.9 Å². The number of hydrogen-bond donors (Lipinski definition) is 2. The summed E-state index contributed by atoms with van der Waals surface area (Å²) >= 11 is 5.95. The summed E-state index contributed by atoms with van der Waals surface area (Å²) in [4.78, 5) is 0. The van der Waals surface area contributed by atoms with Crippen molar-refractivity contribution in [2.24, 2.45) is 0 Å². The Balaban J connectivity index is 0.00000169. The number of hydrogen-bond acceptors (Lipinski definition) is 2. The SMILES string of the molecule is Cl.OCCCNCc1ccccc1Cl. The maximum absolute atomic E-state index is 8.55. The number of halogens is 2. The summed E-state index contributed by atoms with van der Waals surface area (Å²) in [6.07, 6.45) is 0.782. The third kappa shape index (κ3) is 4.82. The average Bonchev–Trinajstić information content (AvgIpc) is 2.15. The Kier molecular flexibility index (Phi) is 7.90. The number of aliphatic hydroxyl groups is 1. The van der Waals surface area contributed by atoms with E-state index in [0.29, 0.717) is 0 Å². The molecule has 2 nitrogen and oxygen atoms in total. The van der Waals surface area contributed by atoms with E-state index in [0.717, 1.165) is 30.1 Å². The lowest BCUT2D eigenvalue weighted by Crippen LogP contribution is -2.15. The van der Waals surface area contributed by atoms with Crippen LogP contribution in [0, 0.1) is 0 Å². The number of aliphatic hydroxyl groups excluding tert-OH is 1. The van der Waals surface area contributed by atoms with Crippen LogP contribution in [0.5, 0.6) is 0 Å². The fourth-order valence-electron chi connectivity index (χ4n) is 1.07. The Morgan fingerprint density at radius 1 is 1.29 bits per heavy atom. The van der Waals surface area contributed by atoms with E-state index in [9.17, 15) is 0 Å². The van der Waals surface area contributed by atoms with Crippen LogP contribution >= 0.6 is 24.0 Å². The molecule has 80 valence electrons. The van der Waals surface area contributed by atoms with E-state index in [-0.39, 0.29) is 19.0 Å². The average molecular weight is 236 g/mol. The van der Waals surface area contributed by atoms with E-state index < -0.39 is 0 Å². The highest BCUT2D eigenvalue weighted by Crippen LogP contribution is 2.13. The lowest BCUT2D eigenvalue weighted by molar-refractivity contribution is 0.286. The molecule has 0 spiro atoms. The highest BCUT2D eigenvalue weighted by Gasteiger charge is 1.96. The van der Waals surface area contributed by atoms with E-state index in [1.807, 2.05) is 24.3 Å². The first kappa shape index (κ1) is 13.7. The second-order valence-electron chi connectivity index (χ2n) is 2.85. The van der Waals surface area contributed by atoms with Crippen molar-refractivity contribution in [2.45, 2.75) is 13.0 Å². The molecule has 4 heteroatoms. The van der Waals surface area contributed by atoms with Crippen LogP contribution in [0.15, 0.2) is 24.3 Å². The monoisotopic (exact) mass is 235 g/mol. The van der Waals surface area contributed by atoms with Crippen molar-refractivity contribution in [1.82, 2.24) is 5.32 Å². The summed E-state index contributed by atoms with van der Waals surface area (Å²) < 4.78 is 0. The van der Waals surface area contributed by atoms with E-state index in [4.69, 9.17) is 16.7 Å². The quantitative estimate of drug-likeness (QED) is 0.768. The first-order valence-corrected chi connectivity index (χ1v) is 4.77. The zero-order valence-electron chi connectivity index (χ0n) is 7.87. The third-order valence-corrected chi connectivity index (χ3v) is 2.15. The second kappa shape index (κ2) is 8.06. The molecule has 0 amide bonds. The molecule has 0 saturated heterocycles. The van der Waals surface area contributed by atoms with E-state index in [1.54, 1.807) is 0 Å². The van der Waals surface area contributed by atoms with Crippen molar-refractivity contribution in [3.63, 3.8) is 0 Å². The topological polar surface area (TPSA) is 32.3 Å². The van der Waals surface area contributed by atoms with Gasteiger partial charge in [-0.3, -0.25) is 0 Å². The van der Waals surface area contributed by atoms with Crippen LogP contribution in [0.3, 0.4) is 0 Å². The van der Waals surface area contributed by atoms with Crippen molar-refractivity contribution in [2.75, 3.05) is 13.2 Å². The smallest absolute Gasteiger partial charge is 0.0450 e. The maximum atomic E-state index is 8.55. The molecule has 2 N–H and O–H groups in total. The number of nitrogens with one attached hydrogen (secondary N) is 1. The molecule has 0 saturated carbocycles. The molecule has 0 bridgehead atoms. The normalized spacial score (nSPS) is 9.57. The second-order valence-corrected chi connectivity index (χ2v) is 3.25. The third-order valence-electron chi connectivity index (χ3n) is 1.78. The Morgan fingerprint density at radius 3 is 2.64 bits per heavy atom. The number of rotatable bonds is 5. The summed E-state index contributed by atoms with van der Waals surface area (Å²) in [6.45, 7) is 1.82. The molecule has 0 aliphatic carbocycles. The lowest BCUT2D eigenvalue weighted by atomic mass is 10.2. The Hall–Kier alpha value is -0.280. The molecule has 0 heterocycles. The molecular formula is C10H15Cl2NO. The van der Waals surface area contributed by atoms with Gasteiger partial charge in [-0.15, -0.1) is 12.4 Å². The van der Waals surface area contributed by atoms with Crippen molar-refractivity contribution in [3.8, 4) is 0 Å². The van der Waals surface area contributed by atoms with Gasteiger partial charge < -0.3 is 10.4 Å². The van der Waals surface area contributed by atoms with Crippen molar-refractivity contribution in [1.29, 1.82) is 0 Å². The van der Waals surface area contributed by atoms with Gasteiger partial charge in [-0.25, -0.2) is 0 Å². The van der Waals surface area contributed by atoms with Gasteiger partial charge in [-0.2, -0.15) is 0 Å². The highest BCUT2D eigenvalue weighted by atomic mass is 35.5. The van der Waals surface area contributed by atoms with Crippen LogP contribution in [-0.4, -0.2) is 18.3 Å². The predicted octanol–water partition coefficient (Wildman–Crippen LogP) is 2.23. The minimum atomic E-state index is 0. The van der Waals surface area contributed by atoms with Crippen LogP contribution in [0.25, 0.3) is 0 Å². The molecule has 0 aliphatic heterocycles. The van der Waals surface area contributed by atoms with Gasteiger partial charge in [0.1, 0.15) is 0 Å². The van der Waals surface area contributed by atoms with Gasteiger partial charge in [-0.05, 0) is 24.6 Å². The van der Waals surface area contributed by atoms with Crippen LogP contribution in [-0.2, 0) is 6.54 Å². The summed E-state index contributed by atoms with van der Waals surface area (Å²) in [5, 5.41) is 12.5. The zero-order valence-corrected chi connectivity index (χ0v) is 9.44. The van der Waals surface area contributed by atoms with Crippen molar-refractivity contribution >= 4 is 24.0 Å². The molecule has 1 rings (SSSR count). The molecule has 0 unspecified atom stereocenters. The minimum Gasteiger partial charge on any atom is -0.396 e. The van der Waals surface area contributed by atoms with Gasteiger partial charge in [0.25, 0.3) is 0 Å². The van der Waals surface area contributed by atoms with Crippen molar-refractivity contribution < 1.29 is 5.11 Å². The Morgan fingerprint density at radius 2 is 2.00 bits per heavy atom. The molecule has 1 aromatic rings. The van der Waals surface area contributed by atoms with E-state index in [1.165, 1.54) is 0 Å². The van der Waals surface area contributed by atoms with Gasteiger partial charge in [0.05, 0.1) is 0 Å². The van der Waals surface area contributed by atoms with Crippen LogP contribution in [0.1, 0.15) is 12.0 Å². The van der Waals surface area contributed by atoms with Gasteiger partial charge in [0.2, 0.25) is 0 Å². The van der Waals surface area contributed by atoms with Gasteiger partial charge in [0.15, 0.2) is 0 Å². The molecule has 0 atom stereocenters. The molecule has 0 aromatic heterocycles. The summed E-state index contributed by atoms with van der Waals surface area (Å²) in [7, 11) is 0. The highest BCUT2D eigenvalue weighted by molar-refractivity contribution is 6.31. The summed E-state index contributed by atoms with van der Waals surface area (Å²) in [6, 6.07) is 7.76. The van der Waals surface area contributed by atoms with Gasteiger partial charge in [-0.1, -0.05) is 29.8 Å². The molecule has 0 fully saturated rings. The summed E-state index contributed by atoms with van der Waals surface area (Å²) in [5.41, 5.74) is 1.10. The van der Waals surface area contributed by atoms with Gasteiger partial charge >= 0.3 is 0 Å². The Labute approximate surface area is 95.7 Å².